The highest BCUT2D eigenvalue weighted by atomic mass is 79.9. The van der Waals surface area contributed by atoms with Gasteiger partial charge in [-0.3, -0.25) is 4.90 Å². The second kappa shape index (κ2) is 6.40. The highest BCUT2D eigenvalue weighted by Crippen LogP contribution is 2.28. The van der Waals surface area contributed by atoms with Crippen LogP contribution in [0.5, 0.6) is 0 Å². The van der Waals surface area contributed by atoms with Crippen LogP contribution in [0.15, 0.2) is 22.7 Å². The van der Waals surface area contributed by atoms with E-state index in [4.69, 9.17) is 5.26 Å². The van der Waals surface area contributed by atoms with Crippen LogP contribution in [0.3, 0.4) is 0 Å². The van der Waals surface area contributed by atoms with Crippen LogP contribution in [0.25, 0.3) is 0 Å². The van der Waals surface area contributed by atoms with Crippen molar-refractivity contribution in [2.24, 2.45) is 0 Å². The summed E-state index contributed by atoms with van der Waals surface area (Å²) in [4.78, 5) is 4.94. The molecule has 1 atom stereocenters. The van der Waals surface area contributed by atoms with Gasteiger partial charge in [0.2, 0.25) is 0 Å². The number of rotatable bonds is 3. The third-order valence-corrected chi connectivity index (χ3v) is 4.58. The highest BCUT2D eigenvalue weighted by molar-refractivity contribution is 9.10. The Morgan fingerprint density at radius 2 is 2.00 bits per heavy atom. The van der Waals surface area contributed by atoms with Crippen LogP contribution in [0.4, 0.5) is 5.69 Å². The largest absolute Gasteiger partial charge is 0.368 e. The molecule has 1 unspecified atom stereocenters. The fraction of sp³-hybridized carbons (Fsp3) is 0.533. The molecule has 1 aromatic carbocycles. The van der Waals surface area contributed by atoms with Crippen LogP contribution >= 0.6 is 15.9 Å². The van der Waals surface area contributed by atoms with Crippen molar-refractivity contribution in [2.75, 3.05) is 31.1 Å². The van der Waals surface area contributed by atoms with E-state index in [2.05, 4.69) is 45.6 Å². The number of benzene rings is 1. The van der Waals surface area contributed by atoms with Crippen molar-refractivity contribution in [3.8, 4) is 6.07 Å². The SMILES string of the molecule is CCC(C)N1CCN(c2ccc(C#N)cc2Br)CC1. The summed E-state index contributed by atoms with van der Waals surface area (Å²) in [5, 5.41) is 8.90. The molecule has 102 valence electrons. The van der Waals surface area contributed by atoms with Gasteiger partial charge in [0.15, 0.2) is 0 Å². The molecule has 0 radical (unpaired) electrons. The molecule has 0 amide bonds. The Kier molecular flexibility index (Phi) is 4.84. The molecule has 1 aliphatic heterocycles. The lowest BCUT2D eigenvalue weighted by atomic mass is 10.1. The second-order valence-electron chi connectivity index (χ2n) is 5.06. The molecule has 4 heteroatoms. The average Bonchev–Trinajstić information content (AvgIpc) is 2.46. The molecule has 0 spiro atoms. The third kappa shape index (κ3) is 3.29. The van der Waals surface area contributed by atoms with Gasteiger partial charge < -0.3 is 4.90 Å². The molecule has 0 saturated carbocycles. The van der Waals surface area contributed by atoms with E-state index in [1.54, 1.807) is 0 Å². The number of piperazine rings is 1. The monoisotopic (exact) mass is 321 g/mol. The summed E-state index contributed by atoms with van der Waals surface area (Å²) in [6.07, 6.45) is 1.21. The van der Waals surface area contributed by atoms with E-state index in [1.807, 2.05) is 18.2 Å². The molecule has 0 N–H and O–H groups in total. The Hall–Kier alpha value is -1.05. The van der Waals surface area contributed by atoms with E-state index < -0.39 is 0 Å². The van der Waals surface area contributed by atoms with Gasteiger partial charge in [-0.25, -0.2) is 0 Å². The first-order valence-corrected chi connectivity index (χ1v) is 7.63. The van der Waals surface area contributed by atoms with Gasteiger partial charge in [0.05, 0.1) is 17.3 Å². The molecule has 19 heavy (non-hydrogen) atoms. The molecule has 0 aromatic heterocycles. The Morgan fingerprint density at radius 1 is 1.32 bits per heavy atom. The predicted octanol–water partition coefficient (Wildman–Crippen LogP) is 3.24. The Labute approximate surface area is 123 Å². The number of nitriles is 1. The number of nitrogens with zero attached hydrogens (tertiary/aromatic N) is 3. The van der Waals surface area contributed by atoms with Crippen molar-refractivity contribution < 1.29 is 0 Å². The van der Waals surface area contributed by atoms with Crippen LogP contribution in [-0.2, 0) is 0 Å². The standard InChI is InChI=1S/C15H20BrN3/c1-3-12(2)18-6-8-19(9-7-18)15-5-4-13(11-17)10-14(15)16/h4-5,10,12H,3,6-9H2,1-2H3. The van der Waals surface area contributed by atoms with Crippen LogP contribution in [0, 0.1) is 11.3 Å². The predicted molar refractivity (Wildman–Crippen MR) is 82.4 cm³/mol. The van der Waals surface area contributed by atoms with Gasteiger partial charge in [0.25, 0.3) is 0 Å². The minimum Gasteiger partial charge on any atom is -0.368 e. The molecule has 2 rings (SSSR count). The van der Waals surface area contributed by atoms with Crippen molar-refractivity contribution >= 4 is 21.6 Å². The van der Waals surface area contributed by atoms with Crippen LogP contribution in [-0.4, -0.2) is 37.1 Å². The van der Waals surface area contributed by atoms with E-state index in [9.17, 15) is 0 Å². The van der Waals surface area contributed by atoms with Gasteiger partial charge in [-0.1, -0.05) is 6.92 Å². The van der Waals surface area contributed by atoms with Crippen molar-refractivity contribution in [3.05, 3.63) is 28.2 Å². The Morgan fingerprint density at radius 3 is 2.53 bits per heavy atom. The zero-order valence-corrected chi connectivity index (χ0v) is 13.2. The smallest absolute Gasteiger partial charge is 0.0992 e. The lowest BCUT2D eigenvalue weighted by Crippen LogP contribution is -2.49. The molecular weight excluding hydrogens is 302 g/mol. The van der Waals surface area contributed by atoms with Crippen molar-refractivity contribution in [1.82, 2.24) is 4.90 Å². The van der Waals surface area contributed by atoms with Crippen molar-refractivity contribution in [2.45, 2.75) is 26.3 Å². The van der Waals surface area contributed by atoms with Gasteiger partial charge in [0, 0.05) is 36.7 Å². The van der Waals surface area contributed by atoms with Gasteiger partial charge >= 0.3 is 0 Å². The number of halogens is 1. The van der Waals surface area contributed by atoms with E-state index in [-0.39, 0.29) is 0 Å². The lowest BCUT2D eigenvalue weighted by molar-refractivity contribution is 0.193. The average molecular weight is 322 g/mol. The molecule has 1 aliphatic rings. The third-order valence-electron chi connectivity index (χ3n) is 3.95. The Bertz CT molecular complexity index is 473. The summed E-state index contributed by atoms with van der Waals surface area (Å²) in [5.74, 6) is 0. The van der Waals surface area contributed by atoms with Gasteiger partial charge in [0.1, 0.15) is 0 Å². The van der Waals surface area contributed by atoms with Gasteiger partial charge in [-0.2, -0.15) is 5.26 Å². The molecule has 0 bridgehead atoms. The molecule has 1 heterocycles. The van der Waals surface area contributed by atoms with Crippen LogP contribution < -0.4 is 4.90 Å². The van der Waals surface area contributed by atoms with E-state index in [0.717, 1.165) is 30.7 Å². The summed E-state index contributed by atoms with van der Waals surface area (Å²) in [7, 11) is 0. The van der Waals surface area contributed by atoms with Gasteiger partial charge in [-0.15, -0.1) is 0 Å². The first kappa shape index (κ1) is 14.4. The van der Waals surface area contributed by atoms with Crippen molar-refractivity contribution in [1.29, 1.82) is 5.26 Å². The quantitative estimate of drug-likeness (QED) is 0.856. The fourth-order valence-corrected chi connectivity index (χ4v) is 3.12. The maximum absolute atomic E-state index is 8.90. The zero-order chi connectivity index (χ0) is 13.8. The topological polar surface area (TPSA) is 30.3 Å². The minimum absolute atomic E-state index is 0.673. The normalized spacial score (nSPS) is 18.1. The molecule has 3 nitrogen and oxygen atoms in total. The molecule has 0 aliphatic carbocycles. The van der Waals surface area contributed by atoms with E-state index in [1.165, 1.54) is 12.1 Å². The summed E-state index contributed by atoms with van der Waals surface area (Å²) < 4.78 is 1.02. The maximum Gasteiger partial charge on any atom is 0.0992 e. The summed E-state index contributed by atoms with van der Waals surface area (Å²) in [6.45, 7) is 8.87. The summed E-state index contributed by atoms with van der Waals surface area (Å²) in [6, 6.07) is 8.68. The number of hydrogen-bond acceptors (Lipinski definition) is 3. The summed E-state index contributed by atoms with van der Waals surface area (Å²) in [5.41, 5.74) is 1.90. The zero-order valence-electron chi connectivity index (χ0n) is 11.6. The first-order valence-electron chi connectivity index (χ1n) is 6.84. The number of hydrogen-bond donors (Lipinski definition) is 0. The Balaban J connectivity index is 2.04. The van der Waals surface area contributed by atoms with Crippen molar-refractivity contribution in [3.63, 3.8) is 0 Å². The van der Waals surface area contributed by atoms with Gasteiger partial charge in [-0.05, 0) is 47.5 Å². The maximum atomic E-state index is 8.90. The summed E-state index contributed by atoms with van der Waals surface area (Å²) >= 11 is 3.57. The van der Waals surface area contributed by atoms with E-state index >= 15 is 0 Å². The molecular formula is C15H20BrN3. The van der Waals surface area contributed by atoms with Crippen LogP contribution in [0.1, 0.15) is 25.8 Å². The molecule has 1 fully saturated rings. The first-order chi connectivity index (χ1) is 9.15. The lowest BCUT2D eigenvalue weighted by Gasteiger charge is -2.39. The highest BCUT2D eigenvalue weighted by Gasteiger charge is 2.21. The molecule has 1 saturated heterocycles. The minimum atomic E-state index is 0.673. The fourth-order valence-electron chi connectivity index (χ4n) is 2.49. The van der Waals surface area contributed by atoms with E-state index in [0.29, 0.717) is 11.6 Å². The second-order valence-corrected chi connectivity index (χ2v) is 5.91. The number of anilines is 1. The molecule has 1 aromatic rings. The van der Waals surface area contributed by atoms with Crippen LogP contribution in [0.2, 0.25) is 0 Å².